The van der Waals surface area contributed by atoms with Crippen molar-refractivity contribution < 1.29 is 24.0 Å². The highest BCUT2D eigenvalue weighted by atomic mass is 19.1. The Bertz CT molecular complexity index is 877. The molecular weight excluding hydrogens is 355 g/mol. The molecule has 0 aliphatic heterocycles. The topological polar surface area (TPSA) is 102 Å². The van der Waals surface area contributed by atoms with Crippen LogP contribution >= 0.6 is 0 Å². The van der Waals surface area contributed by atoms with Gasteiger partial charge < -0.3 is 15.2 Å². The molecule has 2 rings (SSSR count). The number of carbonyl (C=O) groups is 1. The number of halogens is 1. The summed E-state index contributed by atoms with van der Waals surface area (Å²) in [6.07, 6.45) is -1.30. The molecule has 0 spiro atoms. The normalized spacial score (nSPS) is 12.3. The van der Waals surface area contributed by atoms with Crippen LogP contribution in [0.1, 0.15) is 37.9 Å². The summed E-state index contributed by atoms with van der Waals surface area (Å²) in [6.45, 7) is 6.91. The number of nitrogens with zero attached hydrogens (tertiary/aromatic N) is 1. The number of nitro groups is 1. The summed E-state index contributed by atoms with van der Waals surface area (Å²) in [4.78, 5) is 22.1. The lowest BCUT2D eigenvalue weighted by Gasteiger charge is -2.30. The lowest BCUT2D eigenvalue weighted by molar-refractivity contribution is -0.386. The van der Waals surface area contributed by atoms with Crippen LogP contribution in [0.25, 0.3) is 0 Å². The van der Waals surface area contributed by atoms with Gasteiger partial charge in [0.05, 0.1) is 16.5 Å². The first kappa shape index (κ1) is 20.2. The van der Waals surface area contributed by atoms with Gasteiger partial charge >= 0.3 is 6.09 Å². The lowest BCUT2D eigenvalue weighted by atomic mass is 9.81. The molecule has 2 aromatic rings. The zero-order valence-corrected chi connectivity index (χ0v) is 15.4. The van der Waals surface area contributed by atoms with E-state index in [9.17, 15) is 19.3 Å². The van der Waals surface area contributed by atoms with Gasteiger partial charge in [-0.1, -0.05) is 26.8 Å². The van der Waals surface area contributed by atoms with Gasteiger partial charge in [0.25, 0.3) is 5.69 Å². The zero-order valence-electron chi connectivity index (χ0n) is 15.4. The Morgan fingerprint density at radius 3 is 2.33 bits per heavy atom. The molecule has 8 heteroatoms. The molecule has 27 heavy (non-hydrogen) atoms. The third kappa shape index (κ3) is 4.93. The Kier molecular flexibility index (Phi) is 5.68. The fraction of sp³-hybridized carbons (Fsp3) is 0.316. The zero-order chi connectivity index (χ0) is 20.4. The highest BCUT2D eigenvalue weighted by Gasteiger charge is 2.33. The fourth-order valence-corrected chi connectivity index (χ4v) is 2.65. The minimum Gasteiger partial charge on any atom is -0.465 e. The summed E-state index contributed by atoms with van der Waals surface area (Å²) in [5.74, 6) is 0.0337. The van der Waals surface area contributed by atoms with Gasteiger partial charge in [0.1, 0.15) is 17.3 Å². The average molecular weight is 376 g/mol. The van der Waals surface area contributed by atoms with E-state index in [4.69, 9.17) is 9.84 Å². The summed E-state index contributed by atoms with van der Waals surface area (Å²) >= 11 is 0. The Morgan fingerprint density at radius 2 is 1.81 bits per heavy atom. The number of amides is 1. The van der Waals surface area contributed by atoms with Gasteiger partial charge in [-0.05, 0) is 36.1 Å². The molecule has 144 valence electrons. The van der Waals surface area contributed by atoms with E-state index in [0.717, 1.165) is 0 Å². The quantitative estimate of drug-likeness (QED) is 0.552. The van der Waals surface area contributed by atoms with Gasteiger partial charge in [-0.2, -0.15) is 0 Å². The van der Waals surface area contributed by atoms with E-state index >= 15 is 0 Å². The lowest BCUT2D eigenvalue weighted by Crippen LogP contribution is -2.36. The summed E-state index contributed by atoms with van der Waals surface area (Å²) in [7, 11) is 0. The van der Waals surface area contributed by atoms with Gasteiger partial charge in [0, 0.05) is 12.1 Å². The second-order valence-electron chi connectivity index (χ2n) is 7.24. The third-order valence-electron chi connectivity index (χ3n) is 4.02. The predicted octanol–water partition coefficient (Wildman–Crippen LogP) is 5.19. The maximum absolute atomic E-state index is 13.7. The van der Waals surface area contributed by atoms with Crippen molar-refractivity contribution in [1.82, 2.24) is 5.32 Å². The molecule has 1 amide bonds. The molecule has 7 nitrogen and oxygen atoms in total. The van der Waals surface area contributed by atoms with Crippen LogP contribution in [0.15, 0.2) is 36.4 Å². The Labute approximate surface area is 155 Å². The molecule has 0 bridgehead atoms. The highest BCUT2D eigenvalue weighted by Crippen LogP contribution is 2.39. The molecule has 2 aromatic carbocycles. The number of ether oxygens (including phenoxy) is 1. The van der Waals surface area contributed by atoms with Gasteiger partial charge in [0.15, 0.2) is 0 Å². The number of nitrogens with one attached hydrogen (secondary N) is 1. The van der Waals surface area contributed by atoms with E-state index in [2.05, 4.69) is 5.32 Å². The van der Waals surface area contributed by atoms with Crippen LogP contribution in [0.5, 0.6) is 11.5 Å². The molecule has 0 saturated carbocycles. The molecule has 0 aromatic heterocycles. The van der Waals surface area contributed by atoms with Crippen LogP contribution in [-0.2, 0) is 0 Å². The van der Waals surface area contributed by atoms with Crippen molar-refractivity contribution in [2.45, 2.75) is 33.7 Å². The smallest absolute Gasteiger partial charge is 0.405 e. The molecule has 0 fully saturated rings. The second-order valence-corrected chi connectivity index (χ2v) is 7.24. The number of benzene rings is 2. The first-order chi connectivity index (χ1) is 12.5. The number of carboxylic acid groups (broad SMARTS) is 1. The first-order valence-electron chi connectivity index (χ1n) is 8.21. The minimum atomic E-state index is -1.30. The molecule has 0 saturated heterocycles. The van der Waals surface area contributed by atoms with Crippen LogP contribution in [0.3, 0.4) is 0 Å². The van der Waals surface area contributed by atoms with E-state index in [0.29, 0.717) is 5.56 Å². The Hall–Kier alpha value is -3.16. The van der Waals surface area contributed by atoms with Crippen LogP contribution < -0.4 is 10.1 Å². The Balaban J connectivity index is 2.50. The van der Waals surface area contributed by atoms with Gasteiger partial charge in [-0.25, -0.2) is 9.18 Å². The number of aryl methyl sites for hydroxylation is 1. The van der Waals surface area contributed by atoms with Crippen molar-refractivity contribution in [2.24, 2.45) is 5.41 Å². The van der Waals surface area contributed by atoms with Crippen molar-refractivity contribution >= 4 is 11.8 Å². The molecular formula is C19H21FN2O5. The largest absolute Gasteiger partial charge is 0.465 e. The van der Waals surface area contributed by atoms with Crippen LogP contribution in [-0.4, -0.2) is 16.1 Å². The highest BCUT2D eigenvalue weighted by molar-refractivity contribution is 5.66. The predicted molar refractivity (Wildman–Crippen MR) is 97.7 cm³/mol. The van der Waals surface area contributed by atoms with Crippen molar-refractivity contribution in [3.63, 3.8) is 0 Å². The van der Waals surface area contributed by atoms with Gasteiger partial charge in [-0.3, -0.25) is 10.1 Å². The first-order valence-corrected chi connectivity index (χ1v) is 8.21. The minimum absolute atomic E-state index is 0.167. The number of hydrogen-bond acceptors (Lipinski definition) is 4. The summed E-state index contributed by atoms with van der Waals surface area (Å²) in [5, 5.41) is 22.9. The van der Waals surface area contributed by atoms with Gasteiger partial charge in [0.2, 0.25) is 0 Å². The molecule has 1 unspecified atom stereocenters. The van der Waals surface area contributed by atoms with Crippen molar-refractivity contribution in [3.8, 4) is 11.5 Å². The number of nitro benzene ring substituents is 1. The van der Waals surface area contributed by atoms with E-state index in [1.165, 1.54) is 24.3 Å². The summed E-state index contributed by atoms with van der Waals surface area (Å²) < 4.78 is 19.3. The second kappa shape index (κ2) is 7.61. The molecule has 1 atom stereocenters. The number of rotatable bonds is 5. The van der Waals surface area contributed by atoms with Crippen molar-refractivity contribution in [3.05, 3.63) is 63.5 Å². The van der Waals surface area contributed by atoms with Crippen LogP contribution in [0.4, 0.5) is 14.9 Å². The molecule has 0 aliphatic rings. The standard InChI is InChI=1S/C19H21FN2O5/c1-11-5-6-13(10-15(11)20)27-12-7-8-16(22(25)26)14(9-12)17(19(2,3)4)21-18(23)24/h5-10,17,21H,1-4H3,(H,23,24). The Morgan fingerprint density at radius 1 is 1.22 bits per heavy atom. The monoisotopic (exact) mass is 376 g/mol. The average Bonchev–Trinajstić information content (AvgIpc) is 2.54. The molecule has 0 radical (unpaired) electrons. The van der Waals surface area contributed by atoms with Crippen LogP contribution in [0.2, 0.25) is 0 Å². The van der Waals surface area contributed by atoms with E-state index in [-0.39, 0.29) is 22.7 Å². The summed E-state index contributed by atoms with van der Waals surface area (Å²) in [5.41, 5.74) is -0.242. The molecule has 2 N–H and O–H groups in total. The summed E-state index contributed by atoms with van der Waals surface area (Å²) in [6, 6.07) is 7.54. The fourth-order valence-electron chi connectivity index (χ4n) is 2.65. The van der Waals surface area contributed by atoms with Crippen LogP contribution in [0, 0.1) is 28.3 Å². The molecule has 0 heterocycles. The van der Waals surface area contributed by atoms with E-state index in [1.807, 2.05) is 0 Å². The maximum Gasteiger partial charge on any atom is 0.405 e. The third-order valence-corrected chi connectivity index (χ3v) is 4.02. The van der Waals surface area contributed by atoms with E-state index in [1.54, 1.807) is 39.8 Å². The SMILES string of the molecule is Cc1ccc(Oc2ccc([N+](=O)[O-])c(C(NC(=O)O)C(C)(C)C)c2)cc1F. The van der Waals surface area contributed by atoms with Crippen molar-refractivity contribution in [2.75, 3.05) is 0 Å². The van der Waals surface area contributed by atoms with Crippen molar-refractivity contribution in [1.29, 1.82) is 0 Å². The molecule has 0 aliphatic carbocycles. The number of hydrogen-bond donors (Lipinski definition) is 2. The van der Waals surface area contributed by atoms with Gasteiger partial charge in [-0.15, -0.1) is 0 Å². The van der Waals surface area contributed by atoms with E-state index < -0.39 is 28.3 Å². The maximum atomic E-state index is 13.7.